The summed E-state index contributed by atoms with van der Waals surface area (Å²) >= 11 is 6.28. The Morgan fingerprint density at radius 1 is 1.18 bits per heavy atom. The maximum Gasteiger partial charge on any atom is 0.258 e. The minimum absolute atomic E-state index is 0.0610. The van der Waals surface area contributed by atoms with Gasteiger partial charge in [0, 0.05) is 22.5 Å². The number of rotatable bonds is 3. The minimum Gasteiger partial charge on any atom is -0.342 e. The molecule has 9 heteroatoms. The lowest BCUT2D eigenvalue weighted by atomic mass is 9.95. The molecule has 142 valence electrons. The van der Waals surface area contributed by atoms with Gasteiger partial charge in [-0.2, -0.15) is 4.98 Å². The molecule has 0 spiro atoms. The summed E-state index contributed by atoms with van der Waals surface area (Å²) < 4.78 is 33.2. The van der Waals surface area contributed by atoms with Crippen molar-refractivity contribution < 1.29 is 13.3 Å². The van der Waals surface area contributed by atoms with Crippen molar-refractivity contribution >= 4 is 23.0 Å². The van der Waals surface area contributed by atoms with Crippen LogP contribution in [0.15, 0.2) is 51.7 Å². The smallest absolute Gasteiger partial charge is 0.258 e. The van der Waals surface area contributed by atoms with Crippen LogP contribution in [0, 0.1) is 18.6 Å². The van der Waals surface area contributed by atoms with Crippen LogP contribution in [0.1, 0.15) is 35.9 Å². The van der Waals surface area contributed by atoms with E-state index in [0.29, 0.717) is 22.7 Å². The first kappa shape index (κ1) is 18.2. The highest BCUT2D eigenvalue weighted by molar-refractivity contribution is 6.31. The Bertz CT molecular complexity index is 1130. The number of halogens is 3. The van der Waals surface area contributed by atoms with Gasteiger partial charge in [-0.1, -0.05) is 22.8 Å². The van der Waals surface area contributed by atoms with E-state index in [1.165, 1.54) is 36.5 Å². The van der Waals surface area contributed by atoms with E-state index < -0.39 is 17.7 Å². The number of amidine groups is 1. The average Bonchev–Trinajstić information content (AvgIpc) is 3.07. The van der Waals surface area contributed by atoms with E-state index in [-0.39, 0.29) is 22.4 Å². The molecule has 3 aromatic rings. The molecule has 0 saturated carbocycles. The van der Waals surface area contributed by atoms with Crippen LogP contribution in [-0.2, 0) is 0 Å². The number of hydrogen-bond acceptors (Lipinski definition) is 6. The quantitative estimate of drug-likeness (QED) is 0.710. The highest BCUT2D eigenvalue weighted by Crippen LogP contribution is 2.40. The summed E-state index contributed by atoms with van der Waals surface area (Å²) in [4.78, 5) is 12.9. The van der Waals surface area contributed by atoms with Crippen molar-refractivity contribution in [1.82, 2.24) is 20.4 Å². The summed E-state index contributed by atoms with van der Waals surface area (Å²) in [5.74, 6) is -0.0795. The van der Waals surface area contributed by atoms with Gasteiger partial charge in [0.2, 0.25) is 0 Å². The number of aromatic nitrogens is 3. The van der Waals surface area contributed by atoms with E-state index in [4.69, 9.17) is 16.1 Å². The molecule has 6 nitrogen and oxygen atoms in total. The predicted octanol–water partition coefficient (Wildman–Crippen LogP) is 4.23. The van der Waals surface area contributed by atoms with Crippen LogP contribution in [0.2, 0.25) is 5.02 Å². The number of nitrogens with zero attached hydrogens (tertiary/aromatic N) is 4. The van der Waals surface area contributed by atoms with Crippen LogP contribution in [0.25, 0.3) is 5.57 Å². The molecule has 1 aromatic carbocycles. The minimum atomic E-state index is -0.717. The van der Waals surface area contributed by atoms with Crippen LogP contribution in [0.5, 0.6) is 0 Å². The van der Waals surface area contributed by atoms with E-state index in [9.17, 15) is 8.78 Å². The van der Waals surface area contributed by atoms with E-state index in [0.717, 1.165) is 0 Å². The van der Waals surface area contributed by atoms with E-state index in [2.05, 4.69) is 25.4 Å². The molecule has 2 aromatic heterocycles. The average molecular weight is 402 g/mol. The maximum atomic E-state index is 14.3. The van der Waals surface area contributed by atoms with Gasteiger partial charge in [0.05, 0.1) is 5.57 Å². The molecule has 0 amide bonds. The van der Waals surface area contributed by atoms with Crippen molar-refractivity contribution in [2.45, 2.75) is 19.9 Å². The zero-order valence-electron chi connectivity index (χ0n) is 14.9. The number of benzene rings is 1. The van der Waals surface area contributed by atoms with Crippen LogP contribution in [0.4, 0.5) is 8.78 Å². The molecule has 1 aliphatic rings. The molecule has 0 aliphatic carbocycles. The lowest BCUT2D eigenvalue weighted by Gasteiger charge is -2.26. The molecule has 1 N–H and O–H groups in total. The molecule has 1 atom stereocenters. The van der Waals surface area contributed by atoms with E-state index in [1.807, 2.05) is 0 Å². The van der Waals surface area contributed by atoms with Gasteiger partial charge in [-0.05, 0) is 38.1 Å². The maximum absolute atomic E-state index is 14.3. The standard InChI is InChI=1S/C19H14ClF2N5O/c1-9-15(19-25-10(2)27-28-19)16(12-6-5-11(21)8-13(12)20)26-18(24-9)17-14(22)4-3-7-23-17/h3-8,16H,1-2H3,(H,24,26). The second kappa shape index (κ2) is 7.12. The summed E-state index contributed by atoms with van der Waals surface area (Å²) in [5.41, 5.74) is 1.76. The fourth-order valence-corrected chi connectivity index (χ4v) is 3.26. The van der Waals surface area contributed by atoms with Crippen molar-refractivity contribution in [3.63, 3.8) is 0 Å². The topological polar surface area (TPSA) is 76.2 Å². The van der Waals surface area contributed by atoms with Gasteiger partial charge in [-0.15, -0.1) is 0 Å². The van der Waals surface area contributed by atoms with Crippen LogP contribution >= 0.6 is 11.6 Å². The van der Waals surface area contributed by atoms with Crippen molar-refractivity contribution in [2.75, 3.05) is 0 Å². The fourth-order valence-electron chi connectivity index (χ4n) is 2.99. The Morgan fingerprint density at radius 3 is 2.68 bits per heavy atom. The molecule has 0 radical (unpaired) electrons. The number of pyridine rings is 1. The van der Waals surface area contributed by atoms with Gasteiger partial charge in [-0.3, -0.25) is 4.99 Å². The van der Waals surface area contributed by atoms with Crippen molar-refractivity contribution in [1.29, 1.82) is 0 Å². The number of aryl methyl sites for hydroxylation is 1. The molecular formula is C19H14ClF2N5O. The Balaban J connectivity index is 1.90. The largest absolute Gasteiger partial charge is 0.342 e. The molecule has 0 fully saturated rings. The molecule has 3 heterocycles. The molecule has 0 saturated heterocycles. The Kier molecular flexibility index (Phi) is 4.64. The third-order valence-electron chi connectivity index (χ3n) is 4.24. The summed E-state index contributed by atoms with van der Waals surface area (Å²) in [5, 5.41) is 7.04. The summed E-state index contributed by atoms with van der Waals surface area (Å²) in [6.45, 7) is 3.46. The van der Waals surface area contributed by atoms with Crippen molar-refractivity contribution in [3.05, 3.63) is 81.9 Å². The summed E-state index contributed by atoms with van der Waals surface area (Å²) in [6, 6.07) is 6.08. The van der Waals surface area contributed by atoms with Gasteiger partial charge < -0.3 is 9.84 Å². The van der Waals surface area contributed by atoms with Crippen LogP contribution in [0.3, 0.4) is 0 Å². The lowest BCUT2D eigenvalue weighted by molar-refractivity contribution is 0.399. The second-order valence-electron chi connectivity index (χ2n) is 6.19. The zero-order valence-corrected chi connectivity index (χ0v) is 15.6. The van der Waals surface area contributed by atoms with Gasteiger partial charge in [0.15, 0.2) is 17.5 Å². The SMILES string of the molecule is CC1=C(c2nc(C)no2)C(c2ccc(F)cc2Cl)N=C(c2ncccc2F)N1. The highest BCUT2D eigenvalue weighted by Gasteiger charge is 2.31. The fraction of sp³-hybridized carbons (Fsp3) is 0.158. The first-order valence-corrected chi connectivity index (χ1v) is 8.74. The third kappa shape index (κ3) is 3.27. The zero-order chi connectivity index (χ0) is 19.8. The summed E-state index contributed by atoms with van der Waals surface area (Å²) in [7, 11) is 0. The Labute approximate surface area is 164 Å². The lowest BCUT2D eigenvalue weighted by Crippen LogP contribution is -2.31. The first-order valence-electron chi connectivity index (χ1n) is 8.36. The molecule has 4 rings (SSSR count). The number of nitrogens with one attached hydrogen (secondary N) is 1. The van der Waals surface area contributed by atoms with Crippen LogP contribution < -0.4 is 5.32 Å². The molecule has 1 unspecified atom stereocenters. The number of aliphatic imine (C=N–C) groups is 1. The second-order valence-corrected chi connectivity index (χ2v) is 6.60. The molecule has 0 bridgehead atoms. The molecule has 28 heavy (non-hydrogen) atoms. The normalized spacial score (nSPS) is 16.8. The number of hydrogen-bond donors (Lipinski definition) is 1. The number of allylic oxidation sites excluding steroid dienone is 1. The van der Waals surface area contributed by atoms with Crippen molar-refractivity contribution in [2.24, 2.45) is 4.99 Å². The highest BCUT2D eigenvalue weighted by atomic mass is 35.5. The van der Waals surface area contributed by atoms with Gasteiger partial charge >= 0.3 is 0 Å². The third-order valence-corrected chi connectivity index (χ3v) is 4.57. The van der Waals surface area contributed by atoms with Crippen molar-refractivity contribution in [3.8, 4) is 0 Å². The van der Waals surface area contributed by atoms with Gasteiger partial charge in [0.25, 0.3) is 5.89 Å². The van der Waals surface area contributed by atoms with Gasteiger partial charge in [0.1, 0.15) is 17.6 Å². The predicted molar refractivity (Wildman–Crippen MR) is 99.6 cm³/mol. The summed E-state index contributed by atoms with van der Waals surface area (Å²) in [6.07, 6.45) is 1.47. The Morgan fingerprint density at radius 2 is 2.00 bits per heavy atom. The van der Waals surface area contributed by atoms with E-state index in [1.54, 1.807) is 13.8 Å². The van der Waals surface area contributed by atoms with E-state index >= 15 is 0 Å². The Hall–Kier alpha value is -3.13. The first-order chi connectivity index (χ1) is 13.4. The van der Waals surface area contributed by atoms with Gasteiger partial charge in [-0.25, -0.2) is 13.8 Å². The monoisotopic (exact) mass is 401 g/mol. The molecule has 1 aliphatic heterocycles. The van der Waals surface area contributed by atoms with Crippen LogP contribution in [-0.4, -0.2) is 21.0 Å². The molecular weight excluding hydrogens is 388 g/mol.